The van der Waals surface area contributed by atoms with E-state index in [0.29, 0.717) is 5.92 Å². The highest BCUT2D eigenvalue weighted by Crippen LogP contribution is 2.16. The van der Waals surface area contributed by atoms with Crippen molar-refractivity contribution < 1.29 is 0 Å². The van der Waals surface area contributed by atoms with Crippen molar-refractivity contribution in [1.82, 2.24) is 9.55 Å². The highest BCUT2D eigenvalue weighted by Gasteiger charge is 2.04. The van der Waals surface area contributed by atoms with Crippen molar-refractivity contribution in [3.05, 3.63) is 42.5 Å². The molecule has 1 heterocycles. The van der Waals surface area contributed by atoms with Gasteiger partial charge in [0.2, 0.25) is 0 Å². The van der Waals surface area contributed by atoms with Crippen LogP contribution in [0.1, 0.15) is 25.5 Å². The number of anilines is 1. The molecule has 0 saturated carbocycles. The van der Waals surface area contributed by atoms with Crippen molar-refractivity contribution in [1.29, 1.82) is 0 Å². The van der Waals surface area contributed by atoms with Crippen LogP contribution in [-0.4, -0.2) is 9.55 Å². The summed E-state index contributed by atoms with van der Waals surface area (Å²) in [7, 11) is 0. The number of nitrogen functional groups attached to an aromatic ring is 1. The van der Waals surface area contributed by atoms with Gasteiger partial charge in [0.25, 0.3) is 0 Å². The van der Waals surface area contributed by atoms with E-state index >= 15 is 0 Å². The van der Waals surface area contributed by atoms with Crippen LogP contribution in [0.25, 0.3) is 5.69 Å². The first-order valence-electron chi connectivity index (χ1n) is 5.06. The summed E-state index contributed by atoms with van der Waals surface area (Å²) in [5.74, 6) is 0.451. The van der Waals surface area contributed by atoms with Crippen LogP contribution in [-0.2, 0) is 0 Å². The van der Waals surface area contributed by atoms with Gasteiger partial charge < -0.3 is 10.3 Å². The number of nitrogens with zero attached hydrogens (tertiary/aromatic N) is 2. The van der Waals surface area contributed by atoms with E-state index in [1.165, 1.54) is 0 Å². The van der Waals surface area contributed by atoms with Gasteiger partial charge >= 0.3 is 0 Å². The van der Waals surface area contributed by atoms with Crippen molar-refractivity contribution in [2.45, 2.75) is 19.8 Å². The fourth-order valence-corrected chi connectivity index (χ4v) is 1.46. The molecule has 0 atom stereocenters. The van der Waals surface area contributed by atoms with Gasteiger partial charge in [0.15, 0.2) is 0 Å². The van der Waals surface area contributed by atoms with Crippen molar-refractivity contribution in [3.63, 3.8) is 0 Å². The van der Waals surface area contributed by atoms with Crippen LogP contribution in [0.4, 0.5) is 5.69 Å². The predicted molar refractivity (Wildman–Crippen MR) is 62.1 cm³/mol. The minimum absolute atomic E-state index is 0.451. The van der Waals surface area contributed by atoms with Crippen LogP contribution in [0.2, 0.25) is 0 Å². The largest absolute Gasteiger partial charge is 0.399 e. The monoisotopic (exact) mass is 201 g/mol. The molecule has 0 spiro atoms. The molecule has 1 aromatic carbocycles. The SMILES string of the molecule is CC(C)c1cn(-c2cccc(N)c2)cn1. The van der Waals surface area contributed by atoms with Crippen molar-refractivity contribution in [2.75, 3.05) is 5.73 Å². The molecule has 0 aliphatic heterocycles. The zero-order chi connectivity index (χ0) is 10.8. The Morgan fingerprint density at radius 3 is 2.73 bits per heavy atom. The smallest absolute Gasteiger partial charge is 0.0995 e. The van der Waals surface area contributed by atoms with E-state index in [0.717, 1.165) is 17.1 Å². The van der Waals surface area contributed by atoms with E-state index in [9.17, 15) is 0 Å². The fourth-order valence-electron chi connectivity index (χ4n) is 1.46. The third kappa shape index (κ3) is 2.01. The maximum Gasteiger partial charge on any atom is 0.0995 e. The minimum Gasteiger partial charge on any atom is -0.399 e. The fraction of sp³-hybridized carbons (Fsp3) is 0.250. The molecular formula is C12H15N3. The predicted octanol–water partition coefficient (Wildman–Crippen LogP) is 2.58. The first kappa shape index (κ1) is 9.77. The third-order valence-electron chi connectivity index (χ3n) is 2.36. The lowest BCUT2D eigenvalue weighted by atomic mass is 10.2. The summed E-state index contributed by atoms with van der Waals surface area (Å²) in [6, 6.07) is 7.78. The Kier molecular flexibility index (Phi) is 2.46. The molecule has 0 aliphatic rings. The number of hydrogen-bond acceptors (Lipinski definition) is 2. The van der Waals surface area contributed by atoms with Crippen LogP contribution in [0.5, 0.6) is 0 Å². The second-order valence-corrected chi connectivity index (χ2v) is 3.96. The van der Waals surface area contributed by atoms with Crippen molar-refractivity contribution >= 4 is 5.69 Å². The van der Waals surface area contributed by atoms with Crippen molar-refractivity contribution in [2.24, 2.45) is 0 Å². The highest BCUT2D eigenvalue weighted by molar-refractivity contribution is 5.47. The summed E-state index contributed by atoms with van der Waals surface area (Å²) >= 11 is 0. The molecule has 2 N–H and O–H groups in total. The van der Waals surface area contributed by atoms with Crippen LogP contribution in [0.15, 0.2) is 36.8 Å². The summed E-state index contributed by atoms with van der Waals surface area (Å²) in [6.45, 7) is 4.26. The van der Waals surface area contributed by atoms with Crippen LogP contribution < -0.4 is 5.73 Å². The summed E-state index contributed by atoms with van der Waals surface area (Å²) in [6.07, 6.45) is 3.86. The van der Waals surface area contributed by atoms with Gasteiger partial charge in [0.05, 0.1) is 12.0 Å². The minimum atomic E-state index is 0.451. The van der Waals surface area contributed by atoms with Gasteiger partial charge in [-0.2, -0.15) is 0 Å². The number of rotatable bonds is 2. The molecule has 2 aromatic rings. The second kappa shape index (κ2) is 3.77. The van der Waals surface area contributed by atoms with E-state index in [2.05, 4.69) is 18.8 Å². The lowest BCUT2D eigenvalue weighted by molar-refractivity contribution is 0.831. The normalized spacial score (nSPS) is 10.9. The van der Waals surface area contributed by atoms with Gasteiger partial charge in [-0.05, 0) is 24.1 Å². The molecule has 0 fully saturated rings. The Hall–Kier alpha value is -1.77. The lowest BCUT2D eigenvalue weighted by Crippen LogP contribution is -1.92. The molecular weight excluding hydrogens is 186 g/mol. The average Bonchev–Trinajstić information content (AvgIpc) is 2.66. The molecule has 78 valence electrons. The molecule has 0 bridgehead atoms. The van der Waals surface area contributed by atoms with Gasteiger partial charge in [-0.15, -0.1) is 0 Å². The Morgan fingerprint density at radius 1 is 1.33 bits per heavy atom. The third-order valence-corrected chi connectivity index (χ3v) is 2.36. The number of imidazole rings is 1. The Bertz CT molecular complexity index is 457. The van der Waals surface area contributed by atoms with Crippen LogP contribution >= 0.6 is 0 Å². The van der Waals surface area contributed by atoms with E-state index in [4.69, 9.17) is 5.73 Å². The van der Waals surface area contributed by atoms with Gasteiger partial charge in [-0.25, -0.2) is 4.98 Å². The van der Waals surface area contributed by atoms with Crippen LogP contribution in [0.3, 0.4) is 0 Å². The standard InChI is InChI=1S/C12H15N3/c1-9(2)12-7-15(8-14-12)11-5-3-4-10(13)6-11/h3-9H,13H2,1-2H3. The topological polar surface area (TPSA) is 43.8 Å². The van der Waals surface area contributed by atoms with E-state index in [-0.39, 0.29) is 0 Å². The number of nitrogens with two attached hydrogens (primary N) is 1. The number of aromatic nitrogens is 2. The molecule has 0 saturated heterocycles. The lowest BCUT2D eigenvalue weighted by Gasteiger charge is -2.02. The molecule has 0 amide bonds. The molecule has 0 aliphatic carbocycles. The van der Waals surface area contributed by atoms with E-state index < -0.39 is 0 Å². The van der Waals surface area contributed by atoms with Gasteiger partial charge in [0, 0.05) is 17.6 Å². The number of benzene rings is 1. The summed E-state index contributed by atoms with van der Waals surface area (Å²) in [4.78, 5) is 4.34. The van der Waals surface area contributed by atoms with Gasteiger partial charge in [-0.3, -0.25) is 0 Å². The van der Waals surface area contributed by atoms with Gasteiger partial charge in [0.1, 0.15) is 0 Å². The quantitative estimate of drug-likeness (QED) is 0.759. The Morgan fingerprint density at radius 2 is 2.13 bits per heavy atom. The molecule has 2 rings (SSSR count). The highest BCUT2D eigenvalue weighted by atomic mass is 15.0. The molecule has 0 radical (unpaired) electrons. The molecule has 3 heteroatoms. The first-order valence-corrected chi connectivity index (χ1v) is 5.06. The summed E-state index contributed by atoms with van der Waals surface area (Å²) < 4.78 is 1.99. The maximum absolute atomic E-state index is 5.73. The summed E-state index contributed by atoms with van der Waals surface area (Å²) in [5.41, 5.74) is 8.64. The van der Waals surface area contributed by atoms with Gasteiger partial charge in [-0.1, -0.05) is 19.9 Å². The van der Waals surface area contributed by atoms with E-state index in [1.54, 1.807) is 0 Å². The zero-order valence-electron chi connectivity index (χ0n) is 9.01. The first-order chi connectivity index (χ1) is 7.16. The Labute approximate surface area is 89.6 Å². The van der Waals surface area contributed by atoms with Crippen molar-refractivity contribution in [3.8, 4) is 5.69 Å². The second-order valence-electron chi connectivity index (χ2n) is 3.96. The zero-order valence-corrected chi connectivity index (χ0v) is 9.01. The van der Waals surface area contributed by atoms with Crippen LogP contribution in [0, 0.1) is 0 Å². The molecule has 1 aromatic heterocycles. The van der Waals surface area contributed by atoms with E-state index in [1.807, 2.05) is 41.4 Å². The molecule has 3 nitrogen and oxygen atoms in total. The molecule has 0 unspecified atom stereocenters. The summed E-state index contributed by atoms with van der Waals surface area (Å²) in [5, 5.41) is 0. The number of hydrogen-bond donors (Lipinski definition) is 1. The molecule has 15 heavy (non-hydrogen) atoms. The average molecular weight is 201 g/mol. The maximum atomic E-state index is 5.73. The Balaban J connectivity index is 2.37.